The molecule has 1 spiro atoms. The Morgan fingerprint density at radius 3 is 2.14 bits per heavy atom. The molecule has 3 rings (SSSR count). The van der Waals surface area contributed by atoms with E-state index in [4.69, 9.17) is 29.2 Å². The summed E-state index contributed by atoms with van der Waals surface area (Å²) in [4.78, 5) is 0. The van der Waals surface area contributed by atoms with Crippen molar-refractivity contribution in [2.75, 3.05) is 26.4 Å². The van der Waals surface area contributed by atoms with E-state index >= 15 is 0 Å². The highest BCUT2D eigenvalue weighted by molar-refractivity contribution is 5.05. The van der Waals surface area contributed by atoms with Gasteiger partial charge in [0.2, 0.25) is 11.6 Å². The van der Waals surface area contributed by atoms with Gasteiger partial charge in [-0.15, -0.1) is 0 Å². The van der Waals surface area contributed by atoms with Gasteiger partial charge in [0.1, 0.15) is 49.8 Å². The zero-order chi connectivity index (χ0) is 16.1. The van der Waals surface area contributed by atoms with Crippen molar-refractivity contribution in [2.45, 2.75) is 48.2 Å². The zero-order valence-electron chi connectivity index (χ0n) is 11.6. The number of aliphatic hydroxyl groups excluding tert-OH is 5. The summed E-state index contributed by atoms with van der Waals surface area (Å²) in [6.07, 6.45) is -7.81. The topological polar surface area (TPSA) is 158 Å². The van der Waals surface area contributed by atoms with Crippen molar-refractivity contribution in [3.8, 4) is 0 Å². The minimum atomic E-state index is -2.05. The van der Waals surface area contributed by atoms with Crippen LogP contribution < -0.4 is 0 Å². The molecular weight excluding hydrogens is 304 g/mol. The molecule has 0 aromatic rings. The molecule has 0 bridgehead atoms. The van der Waals surface area contributed by atoms with Gasteiger partial charge in [-0.3, -0.25) is 0 Å². The molecular formula is C12H20O10. The highest BCUT2D eigenvalue weighted by Gasteiger charge is 2.67. The average molecular weight is 324 g/mol. The lowest BCUT2D eigenvalue weighted by Crippen LogP contribution is -2.63. The Balaban J connectivity index is 1.83. The van der Waals surface area contributed by atoms with Crippen LogP contribution in [0, 0.1) is 0 Å². The molecule has 128 valence electrons. The Bertz CT molecular complexity index is 421. The first-order chi connectivity index (χ1) is 10.4. The number of ether oxygens (including phenoxy) is 4. The van der Waals surface area contributed by atoms with Crippen molar-refractivity contribution in [3.05, 3.63) is 0 Å². The first-order valence-electron chi connectivity index (χ1n) is 6.96. The third-order valence-electron chi connectivity index (χ3n) is 4.33. The number of fused-ring (bicyclic) bond motifs is 1. The molecule has 0 radical (unpaired) electrons. The van der Waals surface area contributed by atoms with Crippen LogP contribution in [0.4, 0.5) is 0 Å². The van der Waals surface area contributed by atoms with Gasteiger partial charge in [-0.2, -0.15) is 0 Å². The number of rotatable bonds is 2. The normalized spacial score (nSPS) is 55.4. The SMILES string of the molecule is OC[C@H]1OC[C@@]2(O[C@H]3[C@H](O)[C@@H](CO)OC[C@@]3(O)O2)[C@@H](O)[C@@H]1O. The standard InChI is InChI=1S/C12H20O10/c13-1-5-7(15)9(17)12(4-20-5)21-10-8(16)6(2-14)19-3-11(10,18)22-12/h5-10,13-18H,1-4H2/t5-,6-,7-,8-,9+,10+,11-,12+/m1/s1. The van der Waals surface area contributed by atoms with E-state index in [-0.39, 0.29) is 6.61 Å². The molecule has 8 atom stereocenters. The van der Waals surface area contributed by atoms with Crippen LogP contribution in [0.5, 0.6) is 0 Å². The first kappa shape index (κ1) is 16.5. The second kappa shape index (κ2) is 5.60. The molecule has 6 N–H and O–H groups in total. The fraction of sp³-hybridized carbons (Fsp3) is 1.00. The van der Waals surface area contributed by atoms with Crippen LogP contribution in [-0.4, -0.2) is 105 Å². The Kier molecular flexibility index (Phi) is 4.19. The van der Waals surface area contributed by atoms with Crippen LogP contribution in [-0.2, 0) is 18.9 Å². The molecule has 3 aliphatic heterocycles. The molecule has 0 unspecified atom stereocenters. The summed E-state index contributed by atoms with van der Waals surface area (Å²) in [5.74, 6) is -3.96. The molecule has 3 saturated heterocycles. The molecule has 3 heterocycles. The summed E-state index contributed by atoms with van der Waals surface area (Å²) in [5, 5.41) is 58.9. The smallest absolute Gasteiger partial charge is 0.224 e. The average Bonchev–Trinajstić information content (AvgIpc) is 2.81. The summed E-state index contributed by atoms with van der Waals surface area (Å²) in [6, 6.07) is 0. The molecule has 0 aromatic heterocycles. The third kappa shape index (κ3) is 2.27. The Labute approximate surface area is 125 Å². The van der Waals surface area contributed by atoms with Gasteiger partial charge >= 0.3 is 0 Å². The van der Waals surface area contributed by atoms with Crippen molar-refractivity contribution < 1.29 is 49.6 Å². The Morgan fingerprint density at radius 2 is 1.50 bits per heavy atom. The summed E-state index contributed by atoms with van der Waals surface area (Å²) < 4.78 is 21.2. The van der Waals surface area contributed by atoms with E-state index in [2.05, 4.69) is 0 Å². The van der Waals surface area contributed by atoms with Gasteiger partial charge in [-0.05, 0) is 0 Å². The summed E-state index contributed by atoms with van der Waals surface area (Å²) in [6.45, 7) is -1.77. The van der Waals surface area contributed by atoms with Gasteiger partial charge in [0.05, 0.1) is 13.2 Å². The quantitative estimate of drug-likeness (QED) is 0.293. The van der Waals surface area contributed by atoms with E-state index in [1.54, 1.807) is 0 Å². The fourth-order valence-corrected chi connectivity index (χ4v) is 3.04. The van der Waals surface area contributed by atoms with Crippen molar-refractivity contribution >= 4 is 0 Å². The van der Waals surface area contributed by atoms with Crippen molar-refractivity contribution in [1.82, 2.24) is 0 Å². The summed E-state index contributed by atoms with van der Waals surface area (Å²) in [7, 11) is 0. The number of hydrogen-bond acceptors (Lipinski definition) is 10. The van der Waals surface area contributed by atoms with Crippen LogP contribution in [0.2, 0.25) is 0 Å². The van der Waals surface area contributed by atoms with Crippen LogP contribution >= 0.6 is 0 Å². The highest BCUT2D eigenvalue weighted by atomic mass is 16.8. The maximum atomic E-state index is 10.4. The van der Waals surface area contributed by atoms with E-state index in [1.807, 2.05) is 0 Å². The molecule has 3 fully saturated rings. The molecule has 10 nitrogen and oxygen atoms in total. The Morgan fingerprint density at radius 1 is 0.909 bits per heavy atom. The van der Waals surface area contributed by atoms with Crippen molar-refractivity contribution in [1.29, 1.82) is 0 Å². The van der Waals surface area contributed by atoms with Crippen LogP contribution in [0.3, 0.4) is 0 Å². The van der Waals surface area contributed by atoms with E-state index in [1.165, 1.54) is 0 Å². The van der Waals surface area contributed by atoms with Crippen LogP contribution in [0.25, 0.3) is 0 Å². The molecule has 22 heavy (non-hydrogen) atoms. The second-order valence-electron chi connectivity index (χ2n) is 5.79. The zero-order valence-corrected chi connectivity index (χ0v) is 11.6. The maximum Gasteiger partial charge on any atom is 0.224 e. The monoisotopic (exact) mass is 324 g/mol. The Hall–Kier alpha value is -0.400. The largest absolute Gasteiger partial charge is 0.394 e. The molecule has 0 aliphatic carbocycles. The lowest BCUT2D eigenvalue weighted by Gasteiger charge is -2.42. The van der Waals surface area contributed by atoms with E-state index in [0.717, 1.165) is 0 Å². The lowest BCUT2D eigenvalue weighted by molar-refractivity contribution is -0.349. The molecule has 10 heteroatoms. The molecule has 0 amide bonds. The van der Waals surface area contributed by atoms with Gasteiger partial charge in [-0.1, -0.05) is 0 Å². The second-order valence-corrected chi connectivity index (χ2v) is 5.79. The van der Waals surface area contributed by atoms with Gasteiger partial charge in [0, 0.05) is 0 Å². The van der Waals surface area contributed by atoms with E-state index in [0.29, 0.717) is 0 Å². The fourth-order valence-electron chi connectivity index (χ4n) is 3.04. The van der Waals surface area contributed by atoms with Gasteiger partial charge in [-0.25, -0.2) is 0 Å². The minimum Gasteiger partial charge on any atom is -0.394 e. The highest BCUT2D eigenvalue weighted by Crippen LogP contribution is 2.45. The van der Waals surface area contributed by atoms with Crippen molar-refractivity contribution in [3.63, 3.8) is 0 Å². The number of aliphatic hydroxyl groups is 6. The first-order valence-corrected chi connectivity index (χ1v) is 6.96. The lowest BCUT2D eigenvalue weighted by atomic mass is 9.97. The molecule has 0 aromatic carbocycles. The maximum absolute atomic E-state index is 10.4. The predicted octanol–water partition coefficient (Wildman–Crippen LogP) is -4.35. The van der Waals surface area contributed by atoms with Crippen LogP contribution in [0.1, 0.15) is 0 Å². The summed E-state index contributed by atoms with van der Waals surface area (Å²) >= 11 is 0. The molecule has 0 saturated carbocycles. The minimum absolute atomic E-state index is 0.369. The predicted molar refractivity (Wildman–Crippen MR) is 65.3 cm³/mol. The van der Waals surface area contributed by atoms with E-state index < -0.39 is 68.0 Å². The van der Waals surface area contributed by atoms with Gasteiger partial charge in [0.15, 0.2) is 0 Å². The van der Waals surface area contributed by atoms with Crippen LogP contribution in [0.15, 0.2) is 0 Å². The molecule has 3 aliphatic rings. The summed E-state index contributed by atoms with van der Waals surface area (Å²) in [5.41, 5.74) is 0. The van der Waals surface area contributed by atoms with Crippen molar-refractivity contribution in [2.24, 2.45) is 0 Å². The van der Waals surface area contributed by atoms with E-state index in [9.17, 15) is 20.4 Å². The number of hydrogen-bond donors (Lipinski definition) is 6. The third-order valence-corrected chi connectivity index (χ3v) is 4.33. The van der Waals surface area contributed by atoms with Gasteiger partial charge < -0.3 is 49.6 Å². The van der Waals surface area contributed by atoms with Gasteiger partial charge in [0.25, 0.3) is 0 Å².